The van der Waals surface area contributed by atoms with E-state index in [1.165, 1.54) is 12.0 Å². The van der Waals surface area contributed by atoms with Gasteiger partial charge in [0, 0.05) is 25.3 Å². The number of likely N-dealkylation sites (tertiary alicyclic amines) is 1. The lowest BCUT2D eigenvalue weighted by atomic mass is 9.91. The van der Waals surface area contributed by atoms with Crippen molar-refractivity contribution in [1.29, 1.82) is 0 Å². The van der Waals surface area contributed by atoms with Gasteiger partial charge in [0.2, 0.25) is 11.8 Å². The number of carbonyl (C=O) groups excluding carboxylic acids is 2. The van der Waals surface area contributed by atoms with E-state index in [-0.39, 0.29) is 24.4 Å². The second kappa shape index (κ2) is 9.00. The van der Waals surface area contributed by atoms with E-state index in [2.05, 4.69) is 28.4 Å². The molecule has 0 saturated carbocycles. The Balaban J connectivity index is 1.54. The maximum absolute atomic E-state index is 13.5. The molecule has 0 spiro atoms. The van der Waals surface area contributed by atoms with E-state index in [4.69, 9.17) is 0 Å². The van der Waals surface area contributed by atoms with Gasteiger partial charge in [-0.1, -0.05) is 30.3 Å². The summed E-state index contributed by atoms with van der Waals surface area (Å²) >= 11 is 0. The molecule has 2 aliphatic heterocycles. The summed E-state index contributed by atoms with van der Waals surface area (Å²) < 4.78 is 0. The van der Waals surface area contributed by atoms with Crippen LogP contribution in [-0.2, 0) is 16.0 Å². The number of aryl methyl sites for hydroxylation is 2. The van der Waals surface area contributed by atoms with Crippen LogP contribution < -0.4 is 5.32 Å². The monoisotopic (exact) mass is 405 g/mol. The summed E-state index contributed by atoms with van der Waals surface area (Å²) in [7, 11) is 0. The molecule has 2 aromatic carbocycles. The minimum Gasteiger partial charge on any atom is -0.341 e. The molecule has 0 aliphatic carbocycles. The van der Waals surface area contributed by atoms with E-state index in [9.17, 15) is 9.59 Å². The zero-order valence-corrected chi connectivity index (χ0v) is 18.0. The van der Waals surface area contributed by atoms with Crippen LogP contribution in [0.2, 0.25) is 0 Å². The number of piperidine rings is 1. The van der Waals surface area contributed by atoms with E-state index >= 15 is 0 Å². The number of rotatable bonds is 4. The van der Waals surface area contributed by atoms with Crippen LogP contribution in [-0.4, -0.2) is 47.8 Å². The molecular formula is C25H31N3O2. The van der Waals surface area contributed by atoms with Crippen molar-refractivity contribution in [3.63, 3.8) is 0 Å². The minimum atomic E-state index is -0.377. The Labute approximate surface area is 179 Å². The van der Waals surface area contributed by atoms with Gasteiger partial charge in [0.25, 0.3) is 0 Å². The summed E-state index contributed by atoms with van der Waals surface area (Å²) in [6, 6.07) is 13.9. The Bertz CT molecular complexity index is 913. The van der Waals surface area contributed by atoms with Crippen LogP contribution in [0.25, 0.3) is 0 Å². The molecule has 1 atom stereocenters. The molecule has 5 nitrogen and oxygen atoms in total. The van der Waals surface area contributed by atoms with Crippen LogP contribution in [0.3, 0.4) is 0 Å². The summed E-state index contributed by atoms with van der Waals surface area (Å²) in [4.78, 5) is 30.4. The van der Waals surface area contributed by atoms with Crippen LogP contribution in [0.5, 0.6) is 0 Å². The highest BCUT2D eigenvalue weighted by molar-refractivity contribution is 5.93. The van der Waals surface area contributed by atoms with E-state index in [1.807, 2.05) is 43.0 Å². The van der Waals surface area contributed by atoms with Gasteiger partial charge in [-0.25, -0.2) is 0 Å². The van der Waals surface area contributed by atoms with Crippen LogP contribution in [0.1, 0.15) is 47.6 Å². The van der Waals surface area contributed by atoms with E-state index < -0.39 is 0 Å². The summed E-state index contributed by atoms with van der Waals surface area (Å²) in [6.45, 7) is 6.61. The van der Waals surface area contributed by atoms with E-state index in [0.29, 0.717) is 6.54 Å². The number of amides is 2. The molecule has 0 unspecified atom stereocenters. The zero-order valence-electron chi connectivity index (χ0n) is 18.0. The van der Waals surface area contributed by atoms with Gasteiger partial charge < -0.3 is 10.2 Å². The maximum atomic E-state index is 13.5. The van der Waals surface area contributed by atoms with Crippen LogP contribution in [0, 0.1) is 13.8 Å². The largest absolute Gasteiger partial charge is 0.341 e. The molecule has 2 aliphatic rings. The fourth-order valence-corrected chi connectivity index (χ4v) is 4.80. The second-order valence-electron chi connectivity index (χ2n) is 8.63. The highest BCUT2D eigenvalue weighted by Crippen LogP contribution is 2.32. The Morgan fingerprint density at radius 2 is 1.67 bits per heavy atom. The molecule has 2 amide bonds. The maximum Gasteiger partial charge on any atom is 0.244 e. The molecule has 1 N–H and O–H groups in total. The Hall–Kier alpha value is -2.66. The first kappa shape index (κ1) is 20.6. The van der Waals surface area contributed by atoms with Crippen molar-refractivity contribution in [3.8, 4) is 0 Å². The quantitative estimate of drug-likeness (QED) is 0.841. The minimum absolute atomic E-state index is 0.0733. The molecule has 4 rings (SSSR count). The third-order valence-electron chi connectivity index (χ3n) is 6.14. The molecular weight excluding hydrogens is 374 g/mol. The molecule has 1 fully saturated rings. The number of hydrogen-bond acceptors (Lipinski definition) is 3. The van der Waals surface area contributed by atoms with Gasteiger partial charge in [0.1, 0.15) is 6.04 Å². The van der Waals surface area contributed by atoms with Crippen molar-refractivity contribution < 1.29 is 9.59 Å². The van der Waals surface area contributed by atoms with Gasteiger partial charge in [-0.05, 0) is 73.9 Å². The predicted octanol–water partition coefficient (Wildman–Crippen LogP) is 3.85. The van der Waals surface area contributed by atoms with Gasteiger partial charge in [-0.2, -0.15) is 0 Å². The molecule has 0 aromatic heterocycles. The van der Waals surface area contributed by atoms with Crippen molar-refractivity contribution >= 4 is 17.5 Å². The van der Waals surface area contributed by atoms with E-state index in [1.54, 1.807) is 0 Å². The molecule has 1 saturated heterocycles. The number of nitrogens with one attached hydrogen (secondary N) is 1. The van der Waals surface area contributed by atoms with Crippen molar-refractivity contribution in [2.24, 2.45) is 0 Å². The topological polar surface area (TPSA) is 52.7 Å². The van der Waals surface area contributed by atoms with Crippen molar-refractivity contribution in [3.05, 3.63) is 64.7 Å². The fourth-order valence-electron chi connectivity index (χ4n) is 4.80. The van der Waals surface area contributed by atoms with Crippen LogP contribution in [0.4, 0.5) is 5.69 Å². The van der Waals surface area contributed by atoms with Crippen LogP contribution >= 0.6 is 0 Å². The average molecular weight is 406 g/mol. The molecule has 0 bridgehead atoms. The molecule has 5 heteroatoms. The van der Waals surface area contributed by atoms with Crippen molar-refractivity contribution in [2.75, 3.05) is 31.5 Å². The Morgan fingerprint density at radius 3 is 2.40 bits per heavy atom. The Kier molecular flexibility index (Phi) is 6.18. The Morgan fingerprint density at radius 1 is 0.967 bits per heavy atom. The van der Waals surface area contributed by atoms with Crippen molar-refractivity contribution in [2.45, 2.75) is 45.6 Å². The number of fused-ring (bicyclic) bond motifs is 1. The average Bonchev–Trinajstić information content (AvgIpc) is 2.73. The second-order valence-corrected chi connectivity index (χ2v) is 8.63. The zero-order chi connectivity index (χ0) is 21.1. The van der Waals surface area contributed by atoms with Crippen molar-refractivity contribution in [1.82, 2.24) is 9.80 Å². The summed E-state index contributed by atoms with van der Waals surface area (Å²) in [6.07, 6.45) is 4.17. The summed E-state index contributed by atoms with van der Waals surface area (Å²) in [5.74, 6) is 0.0666. The number of carbonyl (C=O) groups is 2. The van der Waals surface area contributed by atoms with Gasteiger partial charge in [-0.3, -0.25) is 14.5 Å². The number of hydrogen-bond donors (Lipinski definition) is 1. The number of benzene rings is 2. The lowest BCUT2D eigenvalue weighted by Gasteiger charge is -2.39. The highest BCUT2D eigenvalue weighted by atomic mass is 16.2. The number of nitrogens with zero attached hydrogens (tertiary/aromatic N) is 2. The first-order valence-corrected chi connectivity index (χ1v) is 11.0. The summed E-state index contributed by atoms with van der Waals surface area (Å²) in [5, 5.41) is 3.03. The molecule has 30 heavy (non-hydrogen) atoms. The summed E-state index contributed by atoms with van der Waals surface area (Å²) in [5.41, 5.74) is 5.33. The first-order valence-electron chi connectivity index (χ1n) is 11.0. The van der Waals surface area contributed by atoms with Crippen LogP contribution in [0.15, 0.2) is 42.5 Å². The molecule has 2 heterocycles. The van der Waals surface area contributed by atoms with E-state index in [0.717, 1.165) is 54.7 Å². The normalized spacial score (nSPS) is 19.3. The first-order chi connectivity index (χ1) is 14.5. The SMILES string of the molecule is Cc1cc(C)cc(NC(=O)CN2CCc3ccccc3[C@H]2C(=O)N2CCCCC2)c1. The highest BCUT2D eigenvalue weighted by Gasteiger charge is 2.36. The predicted molar refractivity (Wildman–Crippen MR) is 119 cm³/mol. The van der Waals surface area contributed by atoms with Gasteiger partial charge in [0.15, 0.2) is 0 Å². The van der Waals surface area contributed by atoms with Gasteiger partial charge in [0.05, 0.1) is 6.54 Å². The third kappa shape index (κ3) is 4.57. The third-order valence-corrected chi connectivity index (χ3v) is 6.14. The van der Waals surface area contributed by atoms with Gasteiger partial charge >= 0.3 is 0 Å². The standard InChI is InChI=1S/C25H31N3O2/c1-18-14-19(2)16-21(15-18)26-23(29)17-28-13-10-20-8-4-5-9-22(20)24(28)25(30)27-11-6-3-7-12-27/h4-5,8-9,14-16,24H,3,6-7,10-13,17H2,1-2H3,(H,26,29)/t24-/m0/s1. The van der Waals surface area contributed by atoms with Gasteiger partial charge in [-0.15, -0.1) is 0 Å². The smallest absolute Gasteiger partial charge is 0.244 e. The molecule has 0 radical (unpaired) electrons. The lowest BCUT2D eigenvalue weighted by Crippen LogP contribution is -2.49. The molecule has 158 valence electrons. The fraction of sp³-hybridized carbons (Fsp3) is 0.440. The lowest BCUT2D eigenvalue weighted by molar-refractivity contribution is -0.139. The number of anilines is 1. The molecule has 2 aromatic rings.